The summed E-state index contributed by atoms with van der Waals surface area (Å²) in [6.07, 6.45) is 0. The maximum atomic E-state index is 10.9. The molecular formula is C14H15O2Si2. The van der Waals surface area contributed by atoms with Crippen molar-refractivity contribution in [1.29, 1.82) is 0 Å². The van der Waals surface area contributed by atoms with Gasteiger partial charge in [-0.25, -0.2) is 0 Å². The Morgan fingerprint density at radius 1 is 1.00 bits per heavy atom. The molecule has 1 atom stereocenters. The fourth-order valence-corrected chi connectivity index (χ4v) is 4.95. The van der Waals surface area contributed by atoms with Gasteiger partial charge in [0.2, 0.25) is 10.5 Å². The molecule has 18 heavy (non-hydrogen) atoms. The highest BCUT2D eigenvalue weighted by molar-refractivity contribution is 6.93. The standard InChI is InChI=1S/C14H15O2Si2/c1-11-7-6-10-14(12(11)2)18(15,16-17)13-8-4-3-5-9-13/h3-10,15H,1-2H3. The largest absolute Gasteiger partial charge is 0.430 e. The average molecular weight is 271 g/mol. The third-order valence-corrected chi connectivity index (χ3v) is 6.85. The maximum Gasteiger partial charge on any atom is 0.394 e. The lowest BCUT2D eigenvalue weighted by molar-refractivity contribution is 0.431. The fraction of sp³-hybridized carbons (Fsp3) is 0.143. The summed E-state index contributed by atoms with van der Waals surface area (Å²) in [7, 11) is -0.0691. The Hall–Kier alpha value is -1.21. The SMILES string of the molecule is Cc1cccc([Si](O)(O[Si])c2ccccc2)c1C. The Balaban J connectivity index is 2.61. The summed E-state index contributed by atoms with van der Waals surface area (Å²) < 4.78 is 5.35. The lowest BCUT2D eigenvalue weighted by Crippen LogP contribution is -2.61. The molecule has 0 saturated carbocycles. The molecule has 2 rings (SSSR count). The van der Waals surface area contributed by atoms with Crippen LogP contribution in [0.4, 0.5) is 0 Å². The molecule has 0 bridgehead atoms. The van der Waals surface area contributed by atoms with Gasteiger partial charge in [-0.15, -0.1) is 0 Å². The van der Waals surface area contributed by atoms with Crippen LogP contribution in [-0.4, -0.2) is 23.8 Å². The molecule has 0 spiro atoms. The van der Waals surface area contributed by atoms with E-state index in [1.807, 2.05) is 62.4 Å². The normalized spacial score (nSPS) is 14.2. The predicted octanol–water partition coefficient (Wildman–Crippen LogP) is 0.952. The summed E-state index contributed by atoms with van der Waals surface area (Å²) in [6, 6.07) is 15.4. The molecule has 0 amide bonds. The average Bonchev–Trinajstić information content (AvgIpc) is 2.42. The first-order valence-corrected chi connectivity index (χ1v) is 8.05. The first kappa shape index (κ1) is 13.2. The summed E-state index contributed by atoms with van der Waals surface area (Å²) in [5, 5.41) is 1.71. The summed E-state index contributed by atoms with van der Waals surface area (Å²) in [4.78, 5) is 10.9. The van der Waals surface area contributed by atoms with Crippen LogP contribution in [0.1, 0.15) is 11.1 Å². The molecule has 0 heterocycles. The van der Waals surface area contributed by atoms with Crippen molar-refractivity contribution in [2.24, 2.45) is 0 Å². The lowest BCUT2D eigenvalue weighted by atomic mass is 10.1. The van der Waals surface area contributed by atoms with Crippen LogP contribution >= 0.6 is 0 Å². The Kier molecular flexibility index (Phi) is 3.82. The molecule has 1 unspecified atom stereocenters. The Morgan fingerprint density at radius 2 is 1.67 bits per heavy atom. The number of hydrogen-bond donors (Lipinski definition) is 1. The second-order valence-corrected chi connectivity index (χ2v) is 7.58. The van der Waals surface area contributed by atoms with E-state index in [0.717, 1.165) is 21.5 Å². The summed E-state index contributed by atoms with van der Waals surface area (Å²) in [5.41, 5.74) is 2.23. The van der Waals surface area contributed by atoms with Crippen molar-refractivity contribution in [1.82, 2.24) is 0 Å². The van der Waals surface area contributed by atoms with Gasteiger partial charge in [0.15, 0.2) is 0 Å². The second kappa shape index (κ2) is 5.20. The molecule has 1 N–H and O–H groups in total. The number of aryl methyl sites for hydroxylation is 1. The molecule has 0 fully saturated rings. The van der Waals surface area contributed by atoms with Crippen LogP contribution in [0.25, 0.3) is 0 Å². The van der Waals surface area contributed by atoms with E-state index in [2.05, 4.69) is 10.5 Å². The van der Waals surface area contributed by atoms with Crippen molar-refractivity contribution < 1.29 is 8.91 Å². The first-order valence-electron chi connectivity index (χ1n) is 5.79. The zero-order valence-electron chi connectivity index (χ0n) is 10.5. The zero-order chi connectivity index (χ0) is 13.2. The second-order valence-electron chi connectivity index (χ2n) is 4.36. The summed E-state index contributed by atoms with van der Waals surface area (Å²) in [5.74, 6) is 0. The first-order chi connectivity index (χ1) is 8.59. The van der Waals surface area contributed by atoms with Crippen molar-refractivity contribution in [3.8, 4) is 0 Å². The molecule has 4 heteroatoms. The van der Waals surface area contributed by atoms with Crippen LogP contribution in [0.15, 0.2) is 48.5 Å². The van der Waals surface area contributed by atoms with Gasteiger partial charge in [-0.3, -0.25) is 0 Å². The van der Waals surface area contributed by atoms with Gasteiger partial charge in [0.05, 0.1) is 0 Å². The molecule has 0 aromatic heterocycles. The molecule has 2 aromatic carbocycles. The van der Waals surface area contributed by atoms with Crippen LogP contribution in [0.5, 0.6) is 0 Å². The third kappa shape index (κ3) is 2.20. The highest BCUT2D eigenvalue weighted by Gasteiger charge is 2.38. The van der Waals surface area contributed by atoms with Crippen LogP contribution in [-0.2, 0) is 4.12 Å². The molecule has 2 nitrogen and oxygen atoms in total. The van der Waals surface area contributed by atoms with Gasteiger partial charge >= 0.3 is 8.56 Å². The van der Waals surface area contributed by atoms with E-state index in [9.17, 15) is 4.80 Å². The molecule has 0 aliphatic carbocycles. The monoisotopic (exact) mass is 271 g/mol. The maximum absolute atomic E-state index is 10.9. The van der Waals surface area contributed by atoms with E-state index in [1.54, 1.807) is 0 Å². The fourth-order valence-electron chi connectivity index (χ4n) is 2.05. The molecule has 91 valence electrons. The molecule has 0 aliphatic rings. The van der Waals surface area contributed by atoms with Crippen molar-refractivity contribution in [3.63, 3.8) is 0 Å². The quantitative estimate of drug-likeness (QED) is 0.843. The Morgan fingerprint density at radius 3 is 2.28 bits per heavy atom. The minimum atomic E-state index is -3.14. The summed E-state index contributed by atoms with van der Waals surface area (Å²) >= 11 is 0. The smallest absolute Gasteiger partial charge is 0.394 e. The van der Waals surface area contributed by atoms with Gasteiger partial charge in [0.25, 0.3) is 0 Å². The van der Waals surface area contributed by atoms with Crippen molar-refractivity contribution in [3.05, 3.63) is 59.7 Å². The van der Waals surface area contributed by atoms with Gasteiger partial charge < -0.3 is 8.91 Å². The highest BCUT2D eigenvalue weighted by Crippen LogP contribution is 2.09. The summed E-state index contributed by atoms with van der Waals surface area (Å²) in [6.45, 7) is 4.04. The van der Waals surface area contributed by atoms with E-state index in [-0.39, 0.29) is 0 Å². The van der Waals surface area contributed by atoms with E-state index in [4.69, 9.17) is 4.12 Å². The van der Waals surface area contributed by atoms with Crippen molar-refractivity contribution >= 4 is 29.4 Å². The van der Waals surface area contributed by atoms with Gasteiger partial charge in [-0.1, -0.05) is 48.5 Å². The number of hydrogen-bond acceptors (Lipinski definition) is 2. The number of benzene rings is 2. The van der Waals surface area contributed by atoms with E-state index in [1.165, 1.54) is 0 Å². The zero-order valence-corrected chi connectivity index (χ0v) is 12.5. The topological polar surface area (TPSA) is 29.5 Å². The molecule has 2 aromatic rings. The van der Waals surface area contributed by atoms with Crippen LogP contribution in [0, 0.1) is 13.8 Å². The lowest BCUT2D eigenvalue weighted by Gasteiger charge is -2.26. The molecule has 0 saturated heterocycles. The number of rotatable bonds is 3. The van der Waals surface area contributed by atoms with Gasteiger partial charge in [-0.05, 0) is 30.2 Å². The molecule has 3 radical (unpaired) electrons. The van der Waals surface area contributed by atoms with E-state index in [0.29, 0.717) is 0 Å². The predicted molar refractivity (Wildman–Crippen MR) is 76.4 cm³/mol. The van der Waals surface area contributed by atoms with Gasteiger partial charge in [-0.2, -0.15) is 0 Å². The van der Waals surface area contributed by atoms with Gasteiger partial charge in [0.1, 0.15) is 0 Å². The van der Waals surface area contributed by atoms with Crippen molar-refractivity contribution in [2.45, 2.75) is 13.8 Å². The molecular weight excluding hydrogens is 256 g/mol. The van der Waals surface area contributed by atoms with Gasteiger partial charge in [0, 0.05) is 5.19 Å². The van der Waals surface area contributed by atoms with E-state index < -0.39 is 8.56 Å². The van der Waals surface area contributed by atoms with Crippen LogP contribution < -0.4 is 10.4 Å². The van der Waals surface area contributed by atoms with E-state index >= 15 is 0 Å². The third-order valence-electron chi connectivity index (χ3n) is 3.28. The minimum absolute atomic E-state index is 0.828. The Bertz CT molecular complexity index is 543. The van der Waals surface area contributed by atoms with Crippen molar-refractivity contribution in [2.75, 3.05) is 0 Å². The highest BCUT2D eigenvalue weighted by atomic mass is 28.4. The molecule has 0 aliphatic heterocycles. The van der Waals surface area contributed by atoms with Crippen LogP contribution in [0.2, 0.25) is 0 Å². The minimum Gasteiger partial charge on any atom is -0.430 e. The van der Waals surface area contributed by atoms with Crippen LogP contribution in [0.3, 0.4) is 0 Å². The Labute approximate surface area is 112 Å².